The van der Waals surface area contributed by atoms with Gasteiger partial charge in [-0.15, -0.1) is 0 Å². The molecule has 1 saturated heterocycles. The van der Waals surface area contributed by atoms with Crippen molar-refractivity contribution in [3.63, 3.8) is 0 Å². The van der Waals surface area contributed by atoms with Crippen molar-refractivity contribution < 1.29 is 13.9 Å². The second-order valence-corrected chi connectivity index (χ2v) is 7.40. The summed E-state index contributed by atoms with van der Waals surface area (Å²) in [6.07, 6.45) is 1.75. The van der Waals surface area contributed by atoms with Crippen molar-refractivity contribution in [3.05, 3.63) is 53.3 Å². The molecule has 0 spiro atoms. The van der Waals surface area contributed by atoms with Gasteiger partial charge in [-0.3, -0.25) is 9.69 Å². The molecule has 0 bridgehead atoms. The molecule has 2 heterocycles. The molecule has 4 rings (SSSR count). The molecule has 0 N–H and O–H groups in total. The number of carbonyl (C=O) groups is 1. The predicted molar refractivity (Wildman–Crippen MR) is 103 cm³/mol. The first-order valence-electron chi connectivity index (χ1n) is 8.95. The van der Waals surface area contributed by atoms with E-state index in [-0.39, 0.29) is 11.7 Å². The maximum absolute atomic E-state index is 13.6. The topological polar surface area (TPSA) is 55.3 Å². The Kier molecular flexibility index (Phi) is 5.13. The number of halogens is 1. The highest BCUT2D eigenvalue weighted by molar-refractivity contribution is 7.00. The molecule has 7 heteroatoms. The van der Waals surface area contributed by atoms with E-state index < -0.39 is 5.82 Å². The number of nitrogens with zero attached hydrogens (tertiary/aromatic N) is 3. The Balaban J connectivity index is 1.49. The van der Waals surface area contributed by atoms with Crippen molar-refractivity contribution in [3.8, 4) is 5.75 Å². The molecule has 0 saturated carbocycles. The maximum Gasteiger partial charge on any atom is 0.171 e. The highest BCUT2D eigenvalue weighted by Crippen LogP contribution is 2.28. The van der Waals surface area contributed by atoms with Gasteiger partial charge >= 0.3 is 0 Å². The van der Waals surface area contributed by atoms with Crippen LogP contribution in [0.2, 0.25) is 0 Å². The molecular formula is C20H20FN3O2S. The Bertz CT molecular complexity index is 975. The van der Waals surface area contributed by atoms with Crippen molar-refractivity contribution >= 4 is 28.5 Å². The van der Waals surface area contributed by atoms with Crippen LogP contribution in [0.3, 0.4) is 0 Å². The number of fused-ring (bicyclic) bond motifs is 1. The zero-order chi connectivity index (χ0) is 18.8. The first-order chi connectivity index (χ1) is 13.1. The Morgan fingerprint density at radius 1 is 1.26 bits per heavy atom. The summed E-state index contributed by atoms with van der Waals surface area (Å²) in [5, 5.41) is 0. The van der Waals surface area contributed by atoms with Gasteiger partial charge in [0.15, 0.2) is 5.78 Å². The highest BCUT2D eigenvalue weighted by atomic mass is 32.1. The number of hydrogen-bond acceptors (Lipinski definition) is 6. The van der Waals surface area contributed by atoms with Crippen LogP contribution in [0.25, 0.3) is 11.0 Å². The molecule has 0 aliphatic carbocycles. The van der Waals surface area contributed by atoms with Gasteiger partial charge in [-0.1, -0.05) is 6.07 Å². The van der Waals surface area contributed by atoms with Gasteiger partial charge in [0, 0.05) is 19.0 Å². The molecular weight excluding hydrogens is 365 g/mol. The van der Waals surface area contributed by atoms with E-state index in [9.17, 15) is 9.18 Å². The fourth-order valence-electron chi connectivity index (χ4n) is 3.69. The molecule has 5 nitrogen and oxygen atoms in total. The Labute approximate surface area is 161 Å². The summed E-state index contributed by atoms with van der Waals surface area (Å²) in [5.74, 6) is -0.189. The third-order valence-electron chi connectivity index (χ3n) is 5.03. The van der Waals surface area contributed by atoms with Crippen molar-refractivity contribution in [1.29, 1.82) is 0 Å². The van der Waals surface area contributed by atoms with Gasteiger partial charge in [0.1, 0.15) is 22.6 Å². The van der Waals surface area contributed by atoms with Crippen LogP contribution < -0.4 is 4.74 Å². The lowest BCUT2D eigenvalue weighted by molar-refractivity contribution is 0.0808. The van der Waals surface area contributed by atoms with Gasteiger partial charge in [0.05, 0.1) is 24.4 Å². The second-order valence-electron chi connectivity index (χ2n) is 6.87. The fraction of sp³-hybridized carbons (Fsp3) is 0.350. The van der Waals surface area contributed by atoms with Gasteiger partial charge < -0.3 is 4.74 Å². The summed E-state index contributed by atoms with van der Waals surface area (Å²) in [5.41, 5.74) is 3.31. The van der Waals surface area contributed by atoms with Crippen LogP contribution in [0.5, 0.6) is 5.75 Å². The molecule has 1 aliphatic heterocycles. The van der Waals surface area contributed by atoms with E-state index in [1.807, 2.05) is 6.07 Å². The summed E-state index contributed by atoms with van der Waals surface area (Å²) >= 11 is 1.21. The number of hydrogen-bond donors (Lipinski definition) is 0. The molecule has 1 aromatic heterocycles. The van der Waals surface area contributed by atoms with Gasteiger partial charge in [-0.2, -0.15) is 8.75 Å². The lowest BCUT2D eigenvalue weighted by atomic mass is 9.89. The Hall–Kier alpha value is -2.38. The molecule has 0 radical (unpaired) electrons. The standard InChI is InChI=1S/C20H20FN3O2S/c1-26-19-7-5-15(21)10-16(19)20(25)14-3-2-8-24(12-14)11-13-4-6-17-18(9-13)23-27-22-17/h4-7,9-10,14H,2-3,8,11-12H2,1H3/t14-/m0/s1. The van der Waals surface area contributed by atoms with Crippen LogP contribution in [0.1, 0.15) is 28.8 Å². The number of ketones is 1. The molecule has 0 amide bonds. The first-order valence-corrected chi connectivity index (χ1v) is 9.68. The fourth-order valence-corrected chi connectivity index (χ4v) is 4.21. The van der Waals surface area contributed by atoms with Crippen LogP contribution in [0.4, 0.5) is 4.39 Å². The van der Waals surface area contributed by atoms with E-state index in [2.05, 4.69) is 25.8 Å². The number of ether oxygens (including phenoxy) is 1. The number of Topliss-reactive ketones (excluding diaryl/α,β-unsaturated/α-hetero) is 1. The summed E-state index contributed by atoms with van der Waals surface area (Å²) < 4.78 is 27.4. The number of benzene rings is 2. The van der Waals surface area contributed by atoms with Gasteiger partial charge in [-0.05, 0) is 55.3 Å². The van der Waals surface area contributed by atoms with Gasteiger partial charge in [-0.25, -0.2) is 4.39 Å². The van der Waals surface area contributed by atoms with Crippen molar-refractivity contribution in [1.82, 2.24) is 13.6 Å². The number of aromatic nitrogens is 2. The molecule has 1 fully saturated rings. The first kappa shape index (κ1) is 18.0. The van der Waals surface area contributed by atoms with Crippen LogP contribution >= 0.6 is 11.7 Å². The molecule has 140 valence electrons. The van der Waals surface area contributed by atoms with Crippen LogP contribution in [-0.2, 0) is 6.54 Å². The SMILES string of the molecule is COc1ccc(F)cc1C(=O)[C@H]1CCCN(Cc2ccc3nsnc3c2)C1. The molecule has 1 aliphatic rings. The quantitative estimate of drug-likeness (QED) is 0.623. The third kappa shape index (κ3) is 3.84. The average molecular weight is 385 g/mol. The van der Waals surface area contributed by atoms with E-state index >= 15 is 0 Å². The third-order valence-corrected chi connectivity index (χ3v) is 5.58. The van der Waals surface area contributed by atoms with Crippen molar-refractivity contribution in [2.45, 2.75) is 19.4 Å². The number of rotatable bonds is 5. The Morgan fingerprint density at radius 3 is 2.96 bits per heavy atom. The van der Waals surface area contributed by atoms with Gasteiger partial charge in [0.25, 0.3) is 0 Å². The largest absolute Gasteiger partial charge is 0.496 e. The molecule has 3 aromatic rings. The highest BCUT2D eigenvalue weighted by Gasteiger charge is 2.28. The number of likely N-dealkylation sites (tertiary alicyclic amines) is 1. The van der Waals surface area contributed by atoms with Gasteiger partial charge in [0.2, 0.25) is 0 Å². The van der Waals surface area contributed by atoms with E-state index in [1.54, 1.807) is 0 Å². The minimum Gasteiger partial charge on any atom is -0.496 e. The normalized spacial score (nSPS) is 17.9. The number of piperidine rings is 1. The minimum atomic E-state index is -0.419. The summed E-state index contributed by atoms with van der Waals surface area (Å²) in [7, 11) is 1.50. The minimum absolute atomic E-state index is 0.0461. The lowest BCUT2D eigenvalue weighted by Crippen LogP contribution is -2.38. The molecule has 0 unspecified atom stereocenters. The van der Waals surface area contributed by atoms with Crippen LogP contribution in [0, 0.1) is 11.7 Å². The van der Waals surface area contributed by atoms with Crippen LogP contribution in [0.15, 0.2) is 36.4 Å². The maximum atomic E-state index is 13.6. The summed E-state index contributed by atoms with van der Waals surface area (Å²) in [4.78, 5) is 15.3. The zero-order valence-corrected chi connectivity index (χ0v) is 15.8. The monoisotopic (exact) mass is 385 g/mol. The average Bonchev–Trinajstić information content (AvgIpc) is 3.15. The summed E-state index contributed by atoms with van der Waals surface area (Å²) in [6, 6.07) is 10.2. The molecule has 1 atom stereocenters. The predicted octanol–water partition coefficient (Wildman–Crippen LogP) is 3.93. The molecule has 2 aromatic carbocycles. The number of methoxy groups -OCH3 is 1. The second kappa shape index (κ2) is 7.70. The smallest absolute Gasteiger partial charge is 0.171 e. The van der Waals surface area contributed by atoms with E-state index in [0.29, 0.717) is 17.9 Å². The van der Waals surface area contributed by atoms with Crippen molar-refractivity contribution in [2.24, 2.45) is 5.92 Å². The van der Waals surface area contributed by atoms with E-state index in [4.69, 9.17) is 4.74 Å². The van der Waals surface area contributed by atoms with E-state index in [1.165, 1.54) is 37.0 Å². The van der Waals surface area contributed by atoms with Crippen LogP contribution in [-0.4, -0.2) is 39.6 Å². The Morgan fingerprint density at radius 2 is 2.11 bits per heavy atom. The zero-order valence-electron chi connectivity index (χ0n) is 15.0. The van der Waals surface area contributed by atoms with Crippen molar-refractivity contribution in [2.75, 3.05) is 20.2 Å². The lowest BCUT2D eigenvalue weighted by Gasteiger charge is -2.32. The van der Waals surface area contributed by atoms with E-state index in [0.717, 1.165) is 42.5 Å². The molecule has 27 heavy (non-hydrogen) atoms. The summed E-state index contributed by atoms with van der Waals surface area (Å²) in [6.45, 7) is 2.36. The number of carbonyl (C=O) groups excluding carboxylic acids is 1.